The maximum Gasteiger partial charge on any atom is 0.124 e. The highest BCUT2D eigenvalue weighted by molar-refractivity contribution is 7.85. The third kappa shape index (κ3) is 13.5. The highest BCUT2D eigenvalue weighted by Crippen LogP contribution is 2.12. The van der Waals surface area contributed by atoms with Crippen molar-refractivity contribution in [2.75, 3.05) is 32.6 Å². The first-order chi connectivity index (χ1) is 13.2. The average molecular weight is 434 g/mol. The number of hydrogen-bond acceptors (Lipinski definition) is 3. The van der Waals surface area contributed by atoms with Gasteiger partial charge in [-0.05, 0) is 44.7 Å². The number of hydrogen-bond donors (Lipinski definition) is 0. The summed E-state index contributed by atoms with van der Waals surface area (Å²) in [6.07, 6.45) is 11.0. The Morgan fingerprint density at radius 2 is 1.32 bits per heavy atom. The second-order valence-electron chi connectivity index (χ2n) is 7.87. The van der Waals surface area contributed by atoms with Crippen LogP contribution in [0, 0.1) is 6.92 Å². The van der Waals surface area contributed by atoms with Gasteiger partial charge in [-0.15, -0.1) is 11.6 Å². The van der Waals surface area contributed by atoms with E-state index in [0.717, 1.165) is 18.0 Å². The van der Waals surface area contributed by atoms with Gasteiger partial charge in [-0.25, -0.2) is 8.42 Å². The van der Waals surface area contributed by atoms with Gasteiger partial charge in [0.25, 0.3) is 0 Å². The first kappa shape index (κ1) is 27.4. The van der Waals surface area contributed by atoms with Crippen molar-refractivity contribution in [2.24, 2.45) is 0 Å². The van der Waals surface area contributed by atoms with Crippen molar-refractivity contribution < 1.29 is 17.5 Å². The molecule has 1 atom stereocenters. The van der Waals surface area contributed by atoms with Gasteiger partial charge in [-0.2, -0.15) is 0 Å². The molecule has 0 radical (unpaired) electrons. The van der Waals surface area contributed by atoms with Crippen molar-refractivity contribution in [3.8, 4) is 0 Å². The molecule has 0 aliphatic rings. The fourth-order valence-corrected chi connectivity index (χ4v) is 3.96. The molecule has 0 heterocycles. The van der Waals surface area contributed by atoms with E-state index in [0.29, 0.717) is 0 Å². The summed E-state index contributed by atoms with van der Waals surface area (Å²) in [5.74, 6) is 0.803. The highest BCUT2D eigenvalue weighted by atomic mass is 35.5. The first-order valence-corrected chi connectivity index (χ1v) is 12.5. The lowest BCUT2D eigenvalue weighted by atomic mass is 10.1. The van der Waals surface area contributed by atoms with Crippen molar-refractivity contribution >= 4 is 21.7 Å². The molecule has 28 heavy (non-hydrogen) atoms. The molecule has 164 valence electrons. The number of quaternary nitrogens is 1. The molecule has 0 bridgehead atoms. The molecule has 0 aliphatic carbocycles. The Hall–Kier alpha value is -0.620. The Morgan fingerprint density at radius 1 is 0.857 bits per heavy atom. The lowest BCUT2D eigenvalue weighted by molar-refractivity contribution is -0.907. The van der Waals surface area contributed by atoms with Crippen molar-refractivity contribution in [1.82, 2.24) is 0 Å². The zero-order valence-corrected chi connectivity index (χ0v) is 19.8. The fraction of sp³-hybridized carbons (Fsp3) is 0.727. The number of aryl methyl sites for hydroxylation is 1. The van der Waals surface area contributed by atoms with Crippen LogP contribution in [0.1, 0.15) is 70.8 Å². The molecule has 0 aliphatic heterocycles. The Labute approximate surface area is 178 Å². The van der Waals surface area contributed by atoms with Gasteiger partial charge in [0, 0.05) is 0 Å². The van der Waals surface area contributed by atoms with Crippen LogP contribution in [0.5, 0.6) is 0 Å². The van der Waals surface area contributed by atoms with Crippen LogP contribution in [-0.4, -0.2) is 50.0 Å². The van der Waals surface area contributed by atoms with Gasteiger partial charge in [0.05, 0.1) is 37.5 Å². The maximum atomic E-state index is 10.4. The van der Waals surface area contributed by atoms with Gasteiger partial charge >= 0.3 is 0 Å². The van der Waals surface area contributed by atoms with E-state index < -0.39 is 10.1 Å². The number of unbranched alkanes of at least 4 members (excludes halogenated alkanes) is 6. The van der Waals surface area contributed by atoms with Crippen LogP contribution in [0.3, 0.4) is 0 Å². The molecule has 1 aromatic carbocycles. The monoisotopic (exact) mass is 433 g/mol. The number of nitrogens with zero attached hydrogens (tertiary/aromatic N) is 1. The number of benzene rings is 1. The summed E-state index contributed by atoms with van der Waals surface area (Å²) in [6, 6.07) is 5.78. The number of halogens is 1. The Morgan fingerprint density at radius 3 is 1.79 bits per heavy atom. The lowest BCUT2D eigenvalue weighted by Gasteiger charge is -2.34. The molecule has 0 spiro atoms. The largest absolute Gasteiger partial charge is 0.744 e. The molecular weight excluding hydrogens is 394 g/mol. The standard InChI is InChI=1S/C15H33ClN.C7H8O3S/c1-4-6-8-9-11-14-17(3,15-12-16)13-10-7-5-2;1-6-2-4-7(5-3-6)11(8,9)10/h4-15H2,1-3H3;2-5H,1H3,(H,8,9,10)/q+1;/p-1. The SMILES string of the molecule is CCCCCCC[N+](C)(CCCl)CCCCC.Cc1ccc(S(=O)(=O)[O-])cc1. The van der Waals surface area contributed by atoms with Crippen molar-refractivity contribution in [3.63, 3.8) is 0 Å². The summed E-state index contributed by atoms with van der Waals surface area (Å²) < 4.78 is 32.4. The molecule has 0 saturated carbocycles. The Kier molecular flexibility index (Phi) is 14.9. The molecule has 1 rings (SSSR count). The predicted molar refractivity (Wildman–Crippen MR) is 119 cm³/mol. The molecule has 0 fully saturated rings. The van der Waals surface area contributed by atoms with Crippen LogP contribution in [0.2, 0.25) is 0 Å². The molecule has 0 N–H and O–H groups in total. The second-order valence-corrected chi connectivity index (χ2v) is 9.63. The zero-order chi connectivity index (χ0) is 21.5. The summed E-state index contributed by atoms with van der Waals surface area (Å²) in [7, 11) is -1.88. The van der Waals surface area contributed by atoms with Crippen LogP contribution in [0.4, 0.5) is 0 Å². The first-order valence-electron chi connectivity index (χ1n) is 10.6. The minimum atomic E-state index is -4.27. The summed E-state index contributed by atoms with van der Waals surface area (Å²) in [5.41, 5.74) is 0.928. The molecule has 1 unspecified atom stereocenters. The molecule has 4 nitrogen and oxygen atoms in total. The van der Waals surface area contributed by atoms with Crippen molar-refractivity contribution in [3.05, 3.63) is 29.8 Å². The average Bonchev–Trinajstić information content (AvgIpc) is 2.62. The lowest BCUT2D eigenvalue weighted by Crippen LogP contribution is -2.46. The van der Waals surface area contributed by atoms with E-state index in [1.807, 2.05) is 6.92 Å². The Bertz CT molecular complexity index is 605. The third-order valence-electron chi connectivity index (χ3n) is 5.04. The van der Waals surface area contributed by atoms with Gasteiger partial charge in [-0.3, -0.25) is 0 Å². The molecule has 0 saturated heterocycles. The van der Waals surface area contributed by atoms with Gasteiger partial charge in [0.15, 0.2) is 0 Å². The number of rotatable bonds is 13. The second kappa shape index (κ2) is 15.3. The summed E-state index contributed by atoms with van der Waals surface area (Å²) in [4.78, 5) is -0.178. The summed E-state index contributed by atoms with van der Waals surface area (Å²) in [6.45, 7) is 10.1. The van der Waals surface area contributed by atoms with Gasteiger partial charge in [0.1, 0.15) is 10.1 Å². The maximum absolute atomic E-state index is 10.4. The van der Waals surface area contributed by atoms with Crippen molar-refractivity contribution in [2.45, 2.75) is 77.0 Å². The summed E-state index contributed by atoms with van der Waals surface area (Å²) in [5, 5.41) is 0. The van der Waals surface area contributed by atoms with E-state index in [-0.39, 0.29) is 4.90 Å². The van der Waals surface area contributed by atoms with Gasteiger partial charge in [-0.1, -0.05) is 57.2 Å². The predicted octanol–water partition coefficient (Wildman–Crippen LogP) is 5.73. The fourth-order valence-electron chi connectivity index (χ4n) is 3.08. The minimum Gasteiger partial charge on any atom is -0.744 e. The van der Waals surface area contributed by atoms with Crippen LogP contribution in [0.25, 0.3) is 0 Å². The molecule has 0 aromatic heterocycles. The topological polar surface area (TPSA) is 57.2 Å². The van der Waals surface area contributed by atoms with E-state index >= 15 is 0 Å². The third-order valence-corrected chi connectivity index (χ3v) is 6.06. The smallest absolute Gasteiger partial charge is 0.124 e. The molecular formula is C22H40ClNO3S. The van der Waals surface area contributed by atoms with Crippen LogP contribution >= 0.6 is 11.6 Å². The van der Waals surface area contributed by atoms with Gasteiger partial charge in [0.2, 0.25) is 0 Å². The molecule has 1 aromatic rings. The quantitative estimate of drug-likeness (QED) is 0.173. The normalized spacial score (nSPS) is 13.5. The van der Waals surface area contributed by atoms with E-state index in [2.05, 4.69) is 20.9 Å². The molecule has 0 amide bonds. The van der Waals surface area contributed by atoms with Crippen LogP contribution in [0.15, 0.2) is 29.2 Å². The summed E-state index contributed by atoms with van der Waals surface area (Å²) >= 11 is 5.95. The minimum absolute atomic E-state index is 0.178. The Balaban J connectivity index is 0.000000567. The van der Waals surface area contributed by atoms with Crippen LogP contribution in [-0.2, 0) is 10.1 Å². The van der Waals surface area contributed by atoms with E-state index in [9.17, 15) is 13.0 Å². The van der Waals surface area contributed by atoms with Crippen LogP contribution < -0.4 is 0 Å². The number of alkyl halides is 1. The van der Waals surface area contributed by atoms with E-state index in [1.54, 1.807) is 12.1 Å². The zero-order valence-electron chi connectivity index (χ0n) is 18.3. The molecule has 6 heteroatoms. The van der Waals surface area contributed by atoms with E-state index in [4.69, 9.17) is 11.6 Å². The van der Waals surface area contributed by atoms with E-state index in [1.165, 1.54) is 81.1 Å². The van der Waals surface area contributed by atoms with Gasteiger partial charge < -0.3 is 9.04 Å². The highest BCUT2D eigenvalue weighted by Gasteiger charge is 2.19. The van der Waals surface area contributed by atoms with Crippen molar-refractivity contribution in [1.29, 1.82) is 0 Å².